The molecule has 0 saturated carbocycles. The summed E-state index contributed by atoms with van der Waals surface area (Å²) in [7, 11) is -3.34. The summed E-state index contributed by atoms with van der Waals surface area (Å²) in [6.45, 7) is 2.90. The summed E-state index contributed by atoms with van der Waals surface area (Å²) in [5, 5.41) is 3.79. The van der Waals surface area contributed by atoms with Crippen molar-refractivity contribution in [3.8, 4) is 0 Å². The van der Waals surface area contributed by atoms with Crippen molar-refractivity contribution < 1.29 is 8.42 Å². The zero-order valence-electron chi connectivity index (χ0n) is 11.7. The molecule has 0 aromatic heterocycles. The Morgan fingerprint density at radius 1 is 1.40 bits per heavy atom. The minimum absolute atomic E-state index is 0.120. The minimum atomic E-state index is -3.34. The molecule has 2 N–H and O–H groups in total. The van der Waals surface area contributed by atoms with Crippen LogP contribution in [-0.4, -0.2) is 26.8 Å². The monoisotopic (exact) mass is 316 g/mol. The number of benzene rings is 1. The second kappa shape index (κ2) is 6.78. The first-order valence-electron chi connectivity index (χ1n) is 6.96. The Hall–Kier alpha value is -0.780. The molecule has 1 saturated heterocycles. The summed E-state index contributed by atoms with van der Waals surface area (Å²) in [6.07, 6.45) is 4.05. The minimum Gasteiger partial charge on any atom is -0.314 e. The summed E-state index contributed by atoms with van der Waals surface area (Å²) < 4.78 is 26.7. The van der Waals surface area contributed by atoms with Gasteiger partial charge in [-0.05, 0) is 50.4 Å². The number of hydrogen-bond acceptors (Lipinski definition) is 3. The maximum atomic E-state index is 12.1. The molecule has 112 valence electrons. The van der Waals surface area contributed by atoms with E-state index < -0.39 is 10.0 Å². The van der Waals surface area contributed by atoms with Gasteiger partial charge in [-0.25, -0.2) is 8.42 Å². The van der Waals surface area contributed by atoms with Crippen molar-refractivity contribution in [3.05, 3.63) is 28.8 Å². The largest absolute Gasteiger partial charge is 0.314 e. The van der Waals surface area contributed by atoms with Crippen molar-refractivity contribution in [1.29, 1.82) is 0 Å². The quantitative estimate of drug-likeness (QED) is 0.878. The Kier molecular flexibility index (Phi) is 5.29. The average molecular weight is 317 g/mol. The van der Waals surface area contributed by atoms with Crippen molar-refractivity contribution in [2.24, 2.45) is 0 Å². The molecule has 1 atom stereocenters. The van der Waals surface area contributed by atoms with Gasteiger partial charge in [0.2, 0.25) is 10.0 Å². The van der Waals surface area contributed by atoms with E-state index in [0.717, 1.165) is 18.5 Å². The number of hydrogen-bond donors (Lipinski definition) is 2. The lowest BCUT2D eigenvalue weighted by Gasteiger charge is -2.23. The fourth-order valence-electron chi connectivity index (χ4n) is 2.39. The molecule has 0 radical (unpaired) electrons. The van der Waals surface area contributed by atoms with Gasteiger partial charge < -0.3 is 5.32 Å². The van der Waals surface area contributed by atoms with Crippen molar-refractivity contribution in [3.63, 3.8) is 0 Å². The summed E-state index contributed by atoms with van der Waals surface area (Å²) >= 11 is 6.05. The van der Waals surface area contributed by atoms with Gasteiger partial charge in [0, 0.05) is 6.04 Å². The second-order valence-corrected chi connectivity index (χ2v) is 7.59. The Morgan fingerprint density at radius 2 is 2.20 bits per heavy atom. The highest BCUT2D eigenvalue weighted by Gasteiger charge is 2.18. The lowest BCUT2D eigenvalue weighted by Crippen LogP contribution is -2.36. The van der Waals surface area contributed by atoms with E-state index in [2.05, 4.69) is 10.0 Å². The zero-order valence-corrected chi connectivity index (χ0v) is 13.2. The summed E-state index contributed by atoms with van der Waals surface area (Å²) in [5.41, 5.74) is 1.46. The van der Waals surface area contributed by atoms with Crippen LogP contribution in [0.3, 0.4) is 0 Å². The fraction of sp³-hybridized carbons (Fsp3) is 0.571. The fourth-order valence-corrected chi connectivity index (χ4v) is 3.94. The molecule has 1 aliphatic heterocycles. The lowest BCUT2D eigenvalue weighted by molar-refractivity contribution is 0.393. The van der Waals surface area contributed by atoms with Gasteiger partial charge in [0.25, 0.3) is 0 Å². The van der Waals surface area contributed by atoms with Crippen LogP contribution in [0.25, 0.3) is 0 Å². The molecular formula is C14H21ClN2O2S. The molecule has 1 aromatic carbocycles. The third-order valence-electron chi connectivity index (χ3n) is 3.54. The number of sulfonamides is 1. The van der Waals surface area contributed by atoms with Gasteiger partial charge in [-0.2, -0.15) is 0 Å². The van der Waals surface area contributed by atoms with Crippen LogP contribution in [0.1, 0.15) is 31.2 Å². The standard InChI is InChI=1S/C14H21ClN2O2S/c1-11-5-6-14(13(15)10-11)17-20(18,19)9-7-12-4-2-3-8-16-12/h5-6,10,12,16-17H,2-4,7-9H2,1H3. The number of piperidine rings is 1. The highest BCUT2D eigenvalue weighted by Crippen LogP contribution is 2.24. The Morgan fingerprint density at radius 3 is 2.85 bits per heavy atom. The molecule has 6 heteroatoms. The molecule has 1 aromatic rings. The van der Waals surface area contributed by atoms with Crippen LogP contribution in [0.5, 0.6) is 0 Å². The first kappa shape index (κ1) is 15.6. The number of aryl methyl sites for hydroxylation is 1. The SMILES string of the molecule is Cc1ccc(NS(=O)(=O)CCC2CCCCN2)c(Cl)c1. The molecule has 0 aliphatic carbocycles. The van der Waals surface area contributed by atoms with E-state index in [1.54, 1.807) is 12.1 Å². The van der Waals surface area contributed by atoms with Crippen LogP contribution in [0.2, 0.25) is 5.02 Å². The maximum absolute atomic E-state index is 12.1. The van der Waals surface area contributed by atoms with Crippen molar-refractivity contribution in [2.45, 2.75) is 38.6 Å². The second-order valence-electron chi connectivity index (χ2n) is 5.34. The number of halogens is 1. The van der Waals surface area contributed by atoms with Gasteiger partial charge >= 0.3 is 0 Å². The van der Waals surface area contributed by atoms with E-state index in [4.69, 9.17) is 11.6 Å². The van der Waals surface area contributed by atoms with Crippen LogP contribution in [-0.2, 0) is 10.0 Å². The lowest BCUT2D eigenvalue weighted by atomic mass is 10.0. The molecule has 2 rings (SSSR count). The van der Waals surface area contributed by atoms with E-state index in [-0.39, 0.29) is 5.75 Å². The molecule has 20 heavy (non-hydrogen) atoms. The van der Waals surface area contributed by atoms with Crippen LogP contribution in [0.4, 0.5) is 5.69 Å². The zero-order chi connectivity index (χ0) is 14.6. The van der Waals surface area contributed by atoms with Gasteiger partial charge in [-0.15, -0.1) is 0 Å². The number of nitrogens with one attached hydrogen (secondary N) is 2. The Labute approximate surface area is 126 Å². The molecule has 1 unspecified atom stereocenters. The Bertz CT molecular complexity index is 554. The summed E-state index contributed by atoms with van der Waals surface area (Å²) in [6, 6.07) is 5.61. The first-order valence-corrected chi connectivity index (χ1v) is 8.99. The Balaban J connectivity index is 1.93. The molecule has 0 amide bonds. The molecule has 0 spiro atoms. The molecule has 1 fully saturated rings. The van der Waals surface area contributed by atoms with E-state index >= 15 is 0 Å². The highest BCUT2D eigenvalue weighted by atomic mass is 35.5. The molecule has 4 nitrogen and oxygen atoms in total. The van der Waals surface area contributed by atoms with E-state index in [0.29, 0.717) is 23.2 Å². The topological polar surface area (TPSA) is 58.2 Å². The van der Waals surface area contributed by atoms with Crippen LogP contribution < -0.4 is 10.0 Å². The normalized spacial score (nSPS) is 19.8. The average Bonchev–Trinajstić information content (AvgIpc) is 2.41. The van der Waals surface area contributed by atoms with Crippen LogP contribution >= 0.6 is 11.6 Å². The summed E-state index contributed by atoms with van der Waals surface area (Å²) in [5.74, 6) is 0.120. The van der Waals surface area contributed by atoms with Crippen molar-refractivity contribution >= 4 is 27.3 Å². The predicted octanol–water partition coefficient (Wildman–Crippen LogP) is 2.92. The number of rotatable bonds is 5. The summed E-state index contributed by atoms with van der Waals surface area (Å²) in [4.78, 5) is 0. The highest BCUT2D eigenvalue weighted by molar-refractivity contribution is 7.92. The van der Waals surface area contributed by atoms with Crippen LogP contribution in [0, 0.1) is 6.92 Å². The van der Waals surface area contributed by atoms with Crippen molar-refractivity contribution in [2.75, 3.05) is 17.0 Å². The van der Waals surface area contributed by atoms with Gasteiger partial charge in [0.05, 0.1) is 16.5 Å². The van der Waals surface area contributed by atoms with E-state index in [1.807, 2.05) is 13.0 Å². The third-order valence-corrected chi connectivity index (χ3v) is 5.15. The van der Waals surface area contributed by atoms with E-state index in [1.165, 1.54) is 12.8 Å². The van der Waals surface area contributed by atoms with Gasteiger partial charge in [0.15, 0.2) is 0 Å². The van der Waals surface area contributed by atoms with Gasteiger partial charge in [-0.3, -0.25) is 4.72 Å². The predicted molar refractivity (Wildman–Crippen MR) is 83.9 cm³/mol. The van der Waals surface area contributed by atoms with Crippen LogP contribution in [0.15, 0.2) is 18.2 Å². The molecule has 1 heterocycles. The third kappa shape index (κ3) is 4.65. The van der Waals surface area contributed by atoms with Gasteiger partial charge in [0.1, 0.15) is 0 Å². The van der Waals surface area contributed by atoms with Crippen molar-refractivity contribution in [1.82, 2.24) is 5.32 Å². The van der Waals surface area contributed by atoms with E-state index in [9.17, 15) is 8.42 Å². The number of anilines is 1. The molecule has 0 bridgehead atoms. The van der Waals surface area contributed by atoms with Gasteiger partial charge in [-0.1, -0.05) is 24.1 Å². The molecule has 1 aliphatic rings. The maximum Gasteiger partial charge on any atom is 0.232 e. The first-order chi connectivity index (χ1) is 9.46. The smallest absolute Gasteiger partial charge is 0.232 e. The molecular weight excluding hydrogens is 296 g/mol.